The molecule has 27 heavy (non-hydrogen) atoms. The highest BCUT2D eigenvalue weighted by molar-refractivity contribution is 5.85. The van der Waals surface area contributed by atoms with E-state index in [1.165, 1.54) is 37.7 Å². The number of rotatable bonds is 8. The third-order valence-electron chi connectivity index (χ3n) is 5.66. The molecule has 2 unspecified atom stereocenters. The number of benzene rings is 1. The van der Waals surface area contributed by atoms with E-state index in [9.17, 15) is 0 Å². The zero-order valence-corrected chi connectivity index (χ0v) is 16.7. The number of halogens is 1. The molecule has 0 aromatic heterocycles. The van der Waals surface area contributed by atoms with Gasteiger partial charge >= 0.3 is 0 Å². The Bertz CT molecular complexity index is 584. The summed E-state index contributed by atoms with van der Waals surface area (Å²) in [7, 11) is 0. The van der Waals surface area contributed by atoms with Crippen molar-refractivity contribution < 1.29 is 14.2 Å². The van der Waals surface area contributed by atoms with Gasteiger partial charge in [0.05, 0.1) is 12.1 Å². The van der Waals surface area contributed by atoms with Crippen LogP contribution in [0.3, 0.4) is 0 Å². The fraction of sp³-hybridized carbons (Fsp3) is 0.700. The molecule has 0 bridgehead atoms. The van der Waals surface area contributed by atoms with Crippen molar-refractivity contribution in [3.05, 3.63) is 23.8 Å². The quantitative estimate of drug-likeness (QED) is 0.586. The molecule has 1 aromatic carbocycles. The lowest BCUT2D eigenvalue weighted by Gasteiger charge is -2.22. The summed E-state index contributed by atoms with van der Waals surface area (Å²) < 4.78 is 16.9. The van der Waals surface area contributed by atoms with E-state index in [2.05, 4.69) is 28.3 Å². The van der Waals surface area contributed by atoms with Gasteiger partial charge in [0.15, 0.2) is 11.5 Å². The SMILES string of the molecule is Cl.c1cc2c(cc1C1NNCC1CNCCCOC1CCCCC1)OCO2. The maximum absolute atomic E-state index is 6.00. The first-order chi connectivity index (χ1) is 12.9. The molecule has 0 amide bonds. The number of ether oxygens (including phenoxy) is 3. The average molecular weight is 398 g/mol. The smallest absolute Gasteiger partial charge is 0.231 e. The Morgan fingerprint density at radius 3 is 2.85 bits per heavy atom. The predicted octanol–water partition coefficient (Wildman–Crippen LogP) is 2.93. The fourth-order valence-electron chi connectivity index (χ4n) is 4.15. The van der Waals surface area contributed by atoms with Crippen molar-refractivity contribution in [2.24, 2.45) is 5.92 Å². The maximum Gasteiger partial charge on any atom is 0.231 e. The number of hydrogen-bond acceptors (Lipinski definition) is 6. The summed E-state index contributed by atoms with van der Waals surface area (Å²) in [6.45, 7) is 4.16. The first-order valence-electron chi connectivity index (χ1n) is 10.1. The van der Waals surface area contributed by atoms with Gasteiger partial charge in [-0.15, -0.1) is 12.4 Å². The highest BCUT2D eigenvalue weighted by Gasteiger charge is 2.29. The third kappa shape index (κ3) is 5.48. The second-order valence-electron chi connectivity index (χ2n) is 7.56. The molecule has 7 heteroatoms. The van der Waals surface area contributed by atoms with Gasteiger partial charge in [-0.25, -0.2) is 5.43 Å². The van der Waals surface area contributed by atoms with Crippen LogP contribution in [-0.2, 0) is 4.74 Å². The van der Waals surface area contributed by atoms with E-state index in [4.69, 9.17) is 14.2 Å². The van der Waals surface area contributed by atoms with Crippen LogP contribution in [0.25, 0.3) is 0 Å². The molecule has 1 saturated heterocycles. The lowest BCUT2D eigenvalue weighted by Crippen LogP contribution is -2.30. The van der Waals surface area contributed by atoms with Gasteiger partial charge in [0.1, 0.15) is 0 Å². The average Bonchev–Trinajstić information content (AvgIpc) is 3.33. The Morgan fingerprint density at radius 2 is 1.96 bits per heavy atom. The van der Waals surface area contributed by atoms with Gasteiger partial charge in [0, 0.05) is 25.6 Å². The molecule has 1 aliphatic carbocycles. The zero-order valence-electron chi connectivity index (χ0n) is 15.9. The van der Waals surface area contributed by atoms with Crippen molar-refractivity contribution >= 4 is 12.4 Å². The molecule has 4 rings (SSSR count). The minimum absolute atomic E-state index is 0. The van der Waals surface area contributed by atoms with Gasteiger partial charge in [-0.05, 0) is 43.5 Å². The van der Waals surface area contributed by atoms with Gasteiger partial charge in [0.2, 0.25) is 6.79 Å². The summed E-state index contributed by atoms with van der Waals surface area (Å²) in [5.41, 5.74) is 7.94. The lowest BCUT2D eigenvalue weighted by molar-refractivity contribution is 0.0272. The van der Waals surface area contributed by atoms with Gasteiger partial charge < -0.3 is 19.5 Å². The maximum atomic E-state index is 6.00. The van der Waals surface area contributed by atoms with Crippen LogP contribution >= 0.6 is 12.4 Å². The fourth-order valence-corrected chi connectivity index (χ4v) is 4.15. The van der Waals surface area contributed by atoms with E-state index in [0.29, 0.717) is 18.8 Å². The topological polar surface area (TPSA) is 63.8 Å². The largest absolute Gasteiger partial charge is 0.454 e. The van der Waals surface area contributed by atoms with Crippen molar-refractivity contribution in [1.82, 2.24) is 16.2 Å². The summed E-state index contributed by atoms with van der Waals surface area (Å²) in [4.78, 5) is 0. The van der Waals surface area contributed by atoms with Crippen molar-refractivity contribution in [2.75, 3.05) is 33.0 Å². The van der Waals surface area contributed by atoms with Gasteiger partial charge in [0.25, 0.3) is 0 Å². The van der Waals surface area contributed by atoms with E-state index >= 15 is 0 Å². The monoisotopic (exact) mass is 397 g/mol. The van der Waals surface area contributed by atoms with Crippen molar-refractivity contribution in [1.29, 1.82) is 0 Å². The molecule has 0 radical (unpaired) electrons. The summed E-state index contributed by atoms with van der Waals surface area (Å²) in [5, 5.41) is 3.60. The number of fused-ring (bicyclic) bond motifs is 1. The minimum Gasteiger partial charge on any atom is -0.454 e. The Morgan fingerprint density at radius 1 is 1.11 bits per heavy atom. The molecular weight excluding hydrogens is 366 g/mol. The van der Waals surface area contributed by atoms with Gasteiger partial charge in [-0.3, -0.25) is 5.43 Å². The van der Waals surface area contributed by atoms with Gasteiger partial charge in [-0.2, -0.15) is 0 Å². The summed E-state index contributed by atoms with van der Waals surface area (Å²) >= 11 is 0. The normalized spacial score (nSPS) is 24.7. The van der Waals surface area contributed by atoms with Crippen LogP contribution in [-0.4, -0.2) is 39.1 Å². The summed E-state index contributed by atoms with van der Waals surface area (Å²) in [5.74, 6) is 2.20. The van der Waals surface area contributed by atoms with Gasteiger partial charge in [-0.1, -0.05) is 25.3 Å². The molecule has 152 valence electrons. The lowest BCUT2D eigenvalue weighted by atomic mass is 9.94. The Hall–Kier alpha value is -1.05. The highest BCUT2D eigenvalue weighted by atomic mass is 35.5. The van der Waals surface area contributed by atoms with Crippen LogP contribution in [0.1, 0.15) is 50.1 Å². The first kappa shape index (κ1) is 20.7. The molecule has 3 aliphatic rings. The van der Waals surface area contributed by atoms with Crippen LogP contribution in [0, 0.1) is 5.92 Å². The number of hydrogen-bond donors (Lipinski definition) is 3. The third-order valence-corrected chi connectivity index (χ3v) is 5.66. The van der Waals surface area contributed by atoms with E-state index < -0.39 is 0 Å². The molecule has 1 saturated carbocycles. The molecular formula is C20H32ClN3O3. The van der Waals surface area contributed by atoms with Crippen molar-refractivity contribution in [3.63, 3.8) is 0 Å². The molecule has 1 aromatic rings. The molecule has 2 fully saturated rings. The van der Waals surface area contributed by atoms with E-state index in [-0.39, 0.29) is 18.4 Å². The molecule has 3 N–H and O–H groups in total. The van der Waals surface area contributed by atoms with E-state index in [1.807, 2.05) is 6.07 Å². The summed E-state index contributed by atoms with van der Waals surface area (Å²) in [6, 6.07) is 6.52. The molecule has 2 aliphatic heterocycles. The standard InChI is InChI=1S/C20H31N3O3.ClH/c1-2-5-17(6-3-1)24-10-4-9-21-12-16-13-22-23-20(16)15-7-8-18-19(11-15)26-14-25-18;/h7-8,11,16-17,20-23H,1-6,9-10,12-14H2;1H. The van der Waals surface area contributed by atoms with E-state index in [0.717, 1.165) is 44.2 Å². The molecule has 2 heterocycles. The molecule has 2 atom stereocenters. The van der Waals surface area contributed by atoms with Crippen LogP contribution in [0.15, 0.2) is 18.2 Å². The molecule has 0 spiro atoms. The second kappa shape index (κ2) is 10.5. The Balaban J connectivity index is 0.00000210. The second-order valence-corrected chi connectivity index (χ2v) is 7.56. The Kier molecular flexibility index (Phi) is 8.03. The predicted molar refractivity (Wildman–Crippen MR) is 107 cm³/mol. The number of nitrogens with one attached hydrogen (secondary N) is 3. The highest BCUT2D eigenvalue weighted by Crippen LogP contribution is 2.36. The van der Waals surface area contributed by atoms with Crippen LogP contribution < -0.4 is 25.6 Å². The molecule has 6 nitrogen and oxygen atoms in total. The minimum atomic E-state index is 0. The van der Waals surface area contributed by atoms with Crippen LogP contribution in [0.2, 0.25) is 0 Å². The number of hydrazine groups is 1. The van der Waals surface area contributed by atoms with E-state index in [1.54, 1.807) is 0 Å². The van der Waals surface area contributed by atoms with Crippen LogP contribution in [0.4, 0.5) is 0 Å². The van der Waals surface area contributed by atoms with Crippen molar-refractivity contribution in [2.45, 2.75) is 50.7 Å². The van der Waals surface area contributed by atoms with Crippen LogP contribution in [0.5, 0.6) is 11.5 Å². The van der Waals surface area contributed by atoms with Crippen molar-refractivity contribution in [3.8, 4) is 11.5 Å². The zero-order chi connectivity index (χ0) is 17.6. The summed E-state index contributed by atoms with van der Waals surface area (Å²) in [6.07, 6.45) is 8.17. The Labute approximate surface area is 168 Å². The first-order valence-corrected chi connectivity index (χ1v) is 10.1.